The highest BCUT2D eigenvalue weighted by Crippen LogP contribution is 2.19. The summed E-state index contributed by atoms with van der Waals surface area (Å²) >= 11 is 0. The Kier molecular flexibility index (Phi) is 4.90. The molecule has 0 unspecified atom stereocenters. The zero-order chi connectivity index (χ0) is 13.7. The van der Waals surface area contributed by atoms with Crippen LogP contribution in [0.2, 0.25) is 0 Å². The van der Waals surface area contributed by atoms with Crippen LogP contribution in [0.3, 0.4) is 0 Å². The van der Waals surface area contributed by atoms with E-state index in [0.717, 1.165) is 24.9 Å². The number of nitrogens with zero attached hydrogens (tertiary/aromatic N) is 1. The molecule has 0 amide bonds. The molecule has 1 saturated carbocycles. The predicted octanol–water partition coefficient (Wildman–Crippen LogP) is 1.41. The maximum atomic E-state index is 11.9. The fourth-order valence-electron chi connectivity index (χ4n) is 1.68. The molecule has 0 aromatic carbocycles. The van der Waals surface area contributed by atoms with Crippen LogP contribution in [-0.4, -0.2) is 26.0 Å². The summed E-state index contributed by atoms with van der Waals surface area (Å²) < 4.78 is 26.4. The van der Waals surface area contributed by atoms with Crippen molar-refractivity contribution in [2.45, 2.75) is 50.2 Å². The van der Waals surface area contributed by atoms with Gasteiger partial charge in [-0.15, -0.1) is 0 Å². The molecule has 1 aliphatic carbocycles. The van der Waals surface area contributed by atoms with Crippen LogP contribution in [0, 0.1) is 0 Å². The third-order valence-electron chi connectivity index (χ3n) is 3.07. The molecule has 1 aliphatic rings. The lowest BCUT2D eigenvalue weighted by atomic mass is 10.3. The molecule has 1 aromatic rings. The van der Waals surface area contributed by atoms with Gasteiger partial charge in [0.2, 0.25) is 0 Å². The van der Waals surface area contributed by atoms with Gasteiger partial charge in [0.05, 0.1) is 0 Å². The lowest BCUT2D eigenvalue weighted by molar-refractivity contribution is 0.574. The van der Waals surface area contributed by atoms with Crippen LogP contribution in [0.5, 0.6) is 0 Å². The topological polar surface area (TPSA) is 71.1 Å². The first-order valence-electron chi connectivity index (χ1n) is 6.80. The van der Waals surface area contributed by atoms with Gasteiger partial charge >= 0.3 is 0 Å². The van der Waals surface area contributed by atoms with Gasteiger partial charge in [-0.25, -0.2) is 18.1 Å². The number of sulfonamides is 1. The van der Waals surface area contributed by atoms with Crippen LogP contribution >= 0.6 is 0 Å². The maximum Gasteiger partial charge on any atom is 0.258 e. The third kappa shape index (κ3) is 4.56. The molecule has 5 nitrogen and oxygen atoms in total. The lowest BCUT2D eigenvalue weighted by Gasteiger charge is -2.07. The number of hydrogen-bond donors (Lipinski definition) is 2. The van der Waals surface area contributed by atoms with Crippen molar-refractivity contribution in [3.8, 4) is 0 Å². The van der Waals surface area contributed by atoms with Crippen LogP contribution in [0.25, 0.3) is 0 Å². The van der Waals surface area contributed by atoms with Crippen LogP contribution in [0.1, 0.15) is 38.2 Å². The molecular weight excluding hydrogens is 262 g/mol. The smallest absolute Gasteiger partial charge is 0.258 e. The molecule has 106 valence electrons. The molecule has 0 bridgehead atoms. The third-order valence-corrected chi connectivity index (χ3v) is 4.44. The minimum Gasteiger partial charge on any atom is -0.310 e. The number of unbranched alkanes of at least 4 members (excludes halogenated alkanes) is 1. The molecule has 1 fully saturated rings. The standard InChI is InChI=1S/C13H21N3O2S/c1-2-3-8-16-19(17,18)13-7-4-11(10-15-13)9-14-12-5-6-12/h4,7,10,12,14,16H,2-3,5-6,8-9H2,1H3. The van der Waals surface area contributed by atoms with Gasteiger partial charge in [-0.2, -0.15) is 0 Å². The van der Waals surface area contributed by atoms with Gasteiger partial charge in [0.15, 0.2) is 5.03 Å². The van der Waals surface area contributed by atoms with E-state index in [1.807, 2.05) is 13.0 Å². The van der Waals surface area contributed by atoms with Crippen LogP contribution in [-0.2, 0) is 16.6 Å². The van der Waals surface area contributed by atoms with E-state index in [-0.39, 0.29) is 5.03 Å². The lowest BCUT2D eigenvalue weighted by Crippen LogP contribution is -2.25. The second-order valence-corrected chi connectivity index (χ2v) is 6.63. The Hall–Kier alpha value is -0.980. The van der Waals surface area contributed by atoms with Gasteiger partial charge in [0, 0.05) is 25.3 Å². The van der Waals surface area contributed by atoms with Crippen molar-refractivity contribution in [2.24, 2.45) is 0 Å². The Morgan fingerprint density at radius 2 is 2.16 bits per heavy atom. The summed E-state index contributed by atoms with van der Waals surface area (Å²) in [5.74, 6) is 0. The summed E-state index contributed by atoms with van der Waals surface area (Å²) in [4.78, 5) is 4.04. The van der Waals surface area contributed by atoms with E-state index in [1.165, 1.54) is 12.8 Å². The fourth-order valence-corrected chi connectivity index (χ4v) is 2.68. The minimum atomic E-state index is -3.45. The Morgan fingerprint density at radius 1 is 1.37 bits per heavy atom. The van der Waals surface area contributed by atoms with Crippen molar-refractivity contribution in [3.63, 3.8) is 0 Å². The van der Waals surface area contributed by atoms with Gasteiger partial charge in [-0.3, -0.25) is 0 Å². The summed E-state index contributed by atoms with van der Waals surface area (Å²) in [6.45, 7) is 3.24. The summed E-state index contributed by atoms with van der Waals surface area (Å²) in [6.07, 6.45) is 5.90. The zero-order valence-corrected chi connectivity index (χ0v) is 12.0. The molecule has 0 saturated heterocycles. The molecule has 2 N–H and O–H groups in total. The molecule has 19 heavy (non-hydrogen) atoms. The highest BCUT2D eigenvalue weighted by molar-refractivity contribution is 7.89. The van der Waals surface area contributed by atoms with Gasteiger partial charge in [-0.1, -0.05) is 19.4 Å². The number of rotatable bonds is 8. The van der Waals surface area contributed by atoms with Crippen molar-refractivity contribution in [2.75, 3.05) is 6.54 Å². The van der Waals surface area contributed by atoms with Crippen molar-refractivity contribution >= 4 is 10.0 Å². The molecule has 1 aromatic heterocycles. The van der Waals surface area contributed by atoms with E-state index in [4.69, 9.17) is 0 Å². The van der Waals surface area contributed by atoms with Gasteiger partial charge < -0.3 is 5.32 Å². The number of hydrogen-bond acceptors (Lipinski definition) is 4. The predicted molar refractivity (Wildman–Crippen MR) is 74.2 cm³/mol. The summed E-state index contributed by atoms with van der Waals surface area (Å²) in [5.41, 5.74) is 1.01. The fraction of sp³-hybridized carbons (Fsp3) is 0.615. The van der Waals surface area contributed by atoms with Crippen LogP contribution < -0.4 is 10.0 Å². The monoisotopic (exact) mass is 283 g/mol. The molecule has 6 heteroatoms. The maximum absolute atomic E-state index is 11.9. The summed E-state index contributed by atoms with van der Waals surface area (Å²) in [7, 11) is -3.45. The number of aromatic nitrogens is 1. The van der Waals surface area contributed by atoms with Crippen molar-refractivity contribution in [1.82, 2.24) is 15.0 Å². The molecule has 2 rings (SSSR count). The normalized spacial score (nSPS) is 15.6. The van der Waals surface area contributed by atoms with Crippen LogP contribution in [0.15, 0.2) is 23.4 Å². The van der Waals surface area contributed by atoms with Gasteiger partial charge in [-0.05, 0) is 30.9 Å². The molecular formula is C13H21N3O2S. The molecule has 0 radical (unpaired) electrons. The second kappa shape index (κ2) is 6.45. The van der Waals surface area contributed by atoms with Crippen molar-refractivity contribution < 1.29 is 8.42 Å². The van der Waals surface area contributed by atoms with Crippen molar-refractivity contribution in [1.29, 1.82) is 0 Å². The molecule has 0 spiro atoms. The molecule has 0 aliphatic heterocycles. The highest BCUT2D eigenvalue weighted by Gasteiger charge is 2.20. The summed E-state index contributed by atoms with van der Waals surface area (Å²) in [5, 5.41) is 3.46. The Morgan fingerprint density at radius 3 is 2.74 bits per heavy atom. The first-order chi connectivity index (χ1) is 9.12. The Bertz CT molecular complexity index is 495. The SMILES string of the molecule is CCCCNS(=O)(=O)c1ccc(CNC2CC2)cn1. The first-order valence-corrected chi connectivity index (χ1v) is 8.28. The zero-order valence-electron chi connectivity index (χ0n) is 11.2. The van der Waals surface area contributed by atoms with Gasteiger partial charge in [0.1, 0.15) is 0 Å². The number of nitrogens with one attached hydrogen (secondary N) is 2. The molecule has 0 atom stereocenters. The average molecular weight is 283 g/mol. The van der Waals surface area contributed by atoms with Gasteiger partial charge in [0.25, 0.3) is 10.0 Å². The van der Waals surface area contributed by atoms with E-state index in [1.54, 1.807) is 12.3 Å². The quantitative estimate of drug-likeness (QED) is 0.708. The second-order valence-electron chi connectivity index (χ2n) is 4.91. The Balaban J connectivity index is 1.91. The minimum absolute atomic E-state index is 0.0961. The largest absolute Gasteiger partial charge is 0.310 e. The van der Waals surface area contributed by atoms with Crippen molar-refractivity contribution in [3.05, 3.63) is 23.9 Å². The van der Waals surface area contributed by atoms with E-state index >= 15 is 0 Å². The van der Waals surface area contributed by atoms with E-state index in [9.17, 15) is 8.42 Å². The number of pyridine rings is 1. The average Bonchev–Trinajstić information content (AvgIpc) is 3.21. The van der Waals surface area contributed by atoms with E-state index in [0.29, 0.717) is 12.6 Å². The molecule has 1 heterocycles. The van der Waals surface area contributed by atoms with E-state index < -0.39 is 10.0 Å². The first kappa shape index (κ1) is 14.4. The van der Waals surface area contributed by atoms with Crippen LogP contribution in [0.4, 0.5) is 0 Å². The highest BCUT2D eigenvalue weighted by atomic mass is 32.2. The van der Waals surface area contributed by atoms with E-state index in [2.05, 4.69) is 15.0 Å². The summed E-state index contributed by atoms with van der Waals surface area (Å²) in [6, 6.07) is 4.02. The Labute approximate surface area is 114 Å².